The Labute approximate surface area is 105 Å². The number of aliphatic hydroxyl groups excluding tert-OH is 1. The van der Waals surface area contributed by atoms with Crippen molar-refractivity contribution in [1.82, 2.24) is 14.7 Å². The first kappa shape index (κ1) is 12.4. The zero-order valence-electron chi connectivity index (χ0n) is 9.73. The minimum absolute atomic E-state index is 0.128. The van der Waals surface area contributed by atoms with Crippen molar-refractivity contribution in [3.63, 3.8) is 0 Å². The highest BCUT2D eigenvalue weighted by Gasteiger charge is 2.06. The topological polar surface area (TPSA) is 49.6 Å². The van der Waals surface area contributed by atoms with Crippen molar-refractivity contribution in [3.8, 4) is 0 Å². The van der Waals surface area contributed by atoms with Gasteiger partial charge in [0.1, 0.15) is 5.65 Å². The molecular weight excluding hydrogens is 238 g/mol. The van der Waals surface area contributed by atoms with Gasteiger partial charge < -0.3 is 14.8 Å². The van der Waals surface area contributed by atoms with E-state index in [1.54, 1.807) is 0 Å². The minimum Gasteiger partial charge on any atom is -0.395 e. The van der Waals surface area contributed by atoms with Gasteiger partial charge in [0.15, 0.2) is 0 Å². The average molecular weight is 254 g/mol. The van der Waals surface area contributed by atoms with Crippen LogP contribution in [-0.2, 0) is 6.54 Å². The number of hydrogen-bond acceptors (Lipinski definition) is 3. The van der Waals surface area contributed by atoms with Crippen molar-refractivity contribution in [2.75, 3.05) is 6.61 Å². The molecular formula is C12H16ClN3O. The summed E-state index contributed by atoms with van der Waals surface area (Å²) in [6.45, 7) is 2.84. The van der Waals surface area contributed by atoms with Gasteiger partial charge in [0.05, 0.1) is 17.3 Å². The lowest BCUT2D eigenvalue weighted by atomic mass is 10.2. The van der Waals surface area contributed by atoms with Gasteiger partial charge in [-0.2, -0.15) is 0 Å². The average Bonchev–Trinajstić information content (AvgIpc) is 2.72. The molecule has 2 aromatic rings. The number of imidazole rings is 1. The molecule has 0 saturated carbocycles. The molecule has 0 amide bonds. The summed E-state index contributed by atoms with van der Waals surface area (Å²) in [4.78, 5) is 4.45. The maximum absolute atomic E-state index is 9.07. The molecule has 17 heavy (non-hydrogen) atoms. The van der Waals surface area contributed by atoms with Crippen LogP contribution in [0.4, 0.5) is 0 Å². The lowest BCUT2D eigenvalue weighted by Gasteiger charge is -2.12. The monoisotopic (exact) mass is 253 g/mol. The molecule has 92 valence electrons. The smallest absolute Gasteiger partial charge is 0.137 e. The van der Waals surface area contributed by atoms with E-state index < -0.39 is 0 Å². The zero-order chi connectivity index (χ0) is 12.3. The molecule has 2 heterocycles. The van der Waals surface area contributed by atoms with Gasteiger partial charge in [-0.15, -0.1) is 0 Å². The lowest BCUT2D eigenvalue weighted by Crippen LogP contribution is -2.31. The summed E-state index contributed by atoms with van der Waals surface area (Å²) in [7, 11) is 0. The Kier molecular flexibility index (Phi) is 3.99. The van der Waals surface area contributed by atoms with Crippen molar-refractivity contribution in [3.05, 3.63) is 35.2 Å². The fourth-order valence-electron chi connectivity index (χ4n) is 1.69. The Balaban J connectivity index is 2.09. The number of nitrogens with zero attached hydrogens (tertiary/aromatic N) is 2. The Morgan fingerprint density at radius 3 is 3.00 bits per heavy atom. The zero-order valence-corrected chi connectivity index (χ0v) is 10.5. The van der Waals surface area contributed by atoms with Gasteiger partial charge in [-0.25, -0.2) is 4.98 Å². The second-order valence-electron chi connectivity index (χ2n) is 4.01. The van der Waals surface area contributed by atoms with Gasteiger partial charge >= 0.3 is 0 Å². The molecule has 0 aromatic carbocycles. The molecule has 5 heteroatoms. The molecule has 1 unspecified atom stereocenters. The van der Waals surface area contributed by atoms with Crippen LogP contribution in [0.15, 0.2) is 24.5 Å². The molecule has 2 N–H and O–H groups in total. The summed E-state index contributed by atoms with van der Waals surface area (Å²) in [6.07, 6.45) is 4.67. The van der Waals surface area contributed by atoms with Crippen LogP contribution in [-0.4, -0.2) is 27.1 Å². The van der Waals surface area contributed by atoms with Gasteiger partial charge in [0.25, 0.3) is 0 Å². The number of fused-ring (bicyclic) bond motifs is 1. The van der Waals surface area contributed by atoms with E-state index >= 15 is 0 Å². The largest absolute Gasteiger partial charge is 0.395 e. The molecule has 4 nitrogen and oxygen atoms in total. The number of halogens is 1. The molecule has 0 aliphatic rings. The van der Waals surface area contributed by atoms with Gasteiger partial charge in [-0.05, 0) is 18.6 Å². The molecule has 0 spiro atoms. The van der Waals surface area contributed by atoms with E-state index in [0.29, 0.717) is 11.6 Å². The van der Waals surface area contributed by atoms with Crippen molar-refractivity contribution in [2.45, 2.75) is 25.9 Å². The molecule has 0 aliphatic carbocycles. The summed E-state index contributed by atoms with van der Waals surface area (Å²) in [5.74, 6) is 0. The van der Waals surface area contributed by atoms with Crippen molar-refractivity contribution in [1.29, 1.82) is 0 Å². The van der Waals surface area contributed by atoms with Crippen LogP contribution >= 0.6 is 11.6 Å². The summed E-state index contributed by atoms with van der Waals surface area (Å²) in [6, 6.07) is 3.84. The lowest BCUT2D eigenvalue weighted by molar-refractivity contribution is 0.238. The number of aromatic nitrogens is 2. The molecule has 0 saturated heterocycles. The summed E-state index contributed by atoms with van der Waals surface area (Å²) in [5.41, 5.74) is 1.82. The maximum atomic E-state index is 9.07. The molecule has 2 rings (SSSR count). The van der Waals surface area contributed by atoms with E-state index in [9.17, 15) is 0 Å². The van der Waals surface area contributed by atoms with Crippen LogP contribution in [0.3, 0.4) is 0 Å². The third-order valence-electron chi connectivity index (χ3n) is 2.75. The second kappa shape index (κ2) is 5.49. The summed E-state index contributed by atoms with van der Waals surface area (Å²) in [5, 5.41) is 13.0. The summed E-state index contributed by atoms with van der Waals surface area (Å²) >= 11 is 5.90. The summed E-state index contributed by atoms with van der Waals surface area (Å²) < 4.78 is 1.90. The molecule has 2 aromatic heterocycles. The van der Waals surface area contributed by atoms with Crippen molar-refractivity contribution < 1.29 is 5.11 Å². The van der Waals surface area contributed by atoms with Gasteiger partial charge in [-0.3, -0.25) is 0 Å². The SMILES string of the molecule is CCC(CO)NCc1cn2cc(Cl)ccc2n1. The van der Waals surface area contributed by atoms with Crippen LogP contribution in [0, 0.1) is 0 Å². The van der Waals surface area contributed by atoms with E-state index in [1.807, 2.05) is 35.9 Å². The molecule has 0 aliphatic heterocycles. The first-order valence-corrected chi connectivity index (χ1v) is 6.08. The third-order valence-corrected chi connectivity index (χ3v) is 2.97. The minimum atomic E-state index is 0.128. The molecule has 0 fully saturated rings. The number of hydrogen-bond donors (Lipinski definition) is 2. The number of nitrogens with one attached hydrogen (secondary N) is 1. The normalized spacial score (nSPS) is 13.1. The van der Waals surface area contributed by atoms with Crippen LogP contribution < -0.4 is 5.32 Å². The van der Waals surface area contributed by atoms with Gasteiger partial charge in [0, 0.05) is 25.0 Å². The molecule has 0 bridgehead atoms. The van der Waals surface area contributed by atoms with Gasteiger partial charge in [0.2, 0.25) is 0 Å². The van der Waals surface area contributed by atoms with Gasteiger partial charge in [-0.1, -0.05) is 18.5 Å². The van der Waals surface area contributed by atoms with Crippen LogP contribution in [0.25, 0.3) is 5.65 Å². The molecule has 0 radical (unpaired) electrons. The number of rotatable bonds is 5. The highest BCUT2D eigenvalue weighted by atomic mass is 35.5. The fourth-order valence-corrected chi connectivity index (χ4v) is 1.86. The standard InChI is InChI=1S/C12H16ClN3O/c1-2-10(8-17)14-5-11-7-16-6-9(13)3-4-12(16)15-11/h3-4,6-7,10,14,17H,2,5,8H2,1H3. The van der Waals surface area contributed by atoms with Crippen LogP contribution in [0.2, 0.25) is 5.02 Å². The highest BCUT2D eigenvalue weighted by molar-refractivity contribution is 6.30. The molecule has 1 atom stereocenters. The quantitative estimate of drug-likeness (QED) is 0.855. The predicted octanol–water partition coefficient (Wildman–Crippen LogP) is 1.85. The number of aliphatic hydroxyl groups is 1. The van der Waals surface area contributed by atoms with Crippen LogP contribution in [0.1, 0.15) is 19.0 Å². The van der Waals surface area contributed by atoms with E-state index in [0.717, 1.165) is 17.8 Å². The fraction of sp³-hybridized carbons (Fsp3) is 0.417. The van der Waals surface area contributed by atoms with Crippen molar-refractivity contribution >= 4 is 17.2 Å². The third kappa shape index (κ3) is 2.97. The Hall–Kier alpha value is -1.10. The predicted molar refractivity (Wildman–Crippen MR) is 68.2 cm³/mol. The maximum Gasteiger partial charge on any atom is 0.137 e. The Bertz CT molecular complexity index is 493. The highest BCUT2D eigenvalue weighted by Crippen LogP contribution is 2.11. The van der Waals surface area contributed by atoms with Crippen molar-refractivity contribution in [2.24, 2.45) is 0 Å². The van der Waals surface area contributed by atoms with E-state index in [1.165, 1.54) is 0 Å². The number of pyridine rings is 1. The Morgan fingerprint density at radius 2 is 2.29 bits per heavy atom. The Morgan fingerprint density at radius 1 is 1.47 bits per heavy atom. The first-order valence-electron chi connectivity index (χ1n) is 5.70. The van der Waals surface area contributed by atoms with E-state index in [4.69, 9.17) is 16.7 Å². The second-order valence-corrected chi connectivity index (χ2v) is 4.45. The van der Waals surface area contributed by atoms with Crippen LogP contribution in [0.5, 0.6) is 0 Å². The first-order chi connectivity index (χ1) is 8.22. The van der Waals surface area contributed by atoms with E-state index in [-0.39, 0.29) is 12.6 Å². The van der Waals surface area contributed by atoms with E-state index in [2.05, 4.69) is 10.3 Å².